The van der Waals surface area contributed by atoms with Crippen LogP contribution in [0.25, 0.3) is 43.9 Å². The maximum atomic E-state index is 6.98. The number of nitrogens with zero attached hydrogens (tertiary/aromatic N) is 3. The van der Waals surface area contributed by atoms with Crippen LogP contribution in [-0.4, -0.2) is 12.3 Å². The van der Waals surface area contributed by atoms with Gasteiger partial charge < -0.3 is 23.5 Å². The van der Waals surface area contributed by atoms with Crippen LogP contribution in [-0.2, 0) is 10.8 Å². The monoisotopic (exact) mass is 897 g/mol. The Morgan fingerprint density at radius 2 is 1.13 bits per heavy atom. The first-order chi connectivity index (χ1) is 33.3. The lowest BCUT2D eigenvalue weighted by atomic mass is 9.33. The second-order valence-corrected chi connectivity index (χ2v) is 22.2. The molecule has 5 nitrogen and oxygen atoms in total. The molecule has 1 saturated carbocycles. The summed E-state index contributed by atoms with van der Waals surface area (Å²) in [5.74, 6) is 0. The van der Waals surface area contributed by atoms with Gasteiger partial charge in [0.05, 0.1) is 11.2 Å². The molecule has 6 heteroatoms. The Hall–Kier alpha value is -7.18. The molecule has 14 rings (SSSR count). The standard InChI is InChI=1S/C63H56BN3O2/c1-37-30-39(3)58-52(31-37)67(63(8)29-14-13-28-62(58,63)7)42-24-27-48-51(35-42)66(49-19-15-18-46-44-17-10-12-21-56(44)69-60(46)49)54-33-38(2)32-53-59(54)64(48)47-26-22-40(61(4,5)6)34-50(47)65(53)41-23-25-45-43-16-9-11-20-55(43)68-57(45)36-41/h9-12,15-27,30-36H,13-14,28-29H2,1-8H3. The topological polar surface area (TPSA) is 36.0 Å². The Morgan fingerprint density at radius 1 is 0.507 bits per heavy atom. The van der Waals surface area contributed by atoms with Crippen molar-refractivity contribution in [1.29, 1.82) is 0 Å². The van der Waals surface area contributed by atoms with Gasteiger partial charge in [-0.15, -0.1) is 0 Å². The van der Waals surface area contributed by atoms with Gasteiger partial charge in [0.2, 0.25) is 0 Å². The maximum absolute atomic E-state index is 6.98. The summed E-state index contributed by atoms with van der Waals surface area (Å²) in [7, 11) is 0. The molecule has 338 valence electrons. The molecule has 0 amide bonds. The molecule has 5 heterocycles. The number of furan rings is 2. The summed E-state index contributed by atoms with van der Waals surface area (Å²) in [5, 5.41) is 4.51. The van der Waals surface area contributed by atoms with E-state index in [0.717, 1.165) is 61.7 Å². The van der Waals surface area contributed by atoms with Gasteiger partial charge in [-0.3, -0.25) is 0 Å². The number of benzene rings is 8. The largest absolute Gasteiger partial charge is 0.456 e. The number of rotatable bonds is 3. The summed E-state index contributed by atoms with van der Waals surface area (Å²) in [4.78, 5) is 7.84. The SMILES string of the molecule is Cc1cc2c3c(c1)N(c1cccc4c1oc1ccccc14)c1cc(N4c5cc(C)cc(C)c5C5(C)CCCCC45C)ccc1B3c1ccc(C(C)(C)C)cc1N2c1ccc2c(c1)oc1ccccc12. The summed E-state index contributed by atoms with van der Waals surface area (Å²) in [6.45, 7) is 18.9. The minimum Gasteiger partial charge on any atom is -0.456 e. The first-order valence-electron chi connectivity index (χ1n) is 25.1. The Bertz CT molecular complexity index is 3850. The van der Waals surface area contributed by atoms with E-state index in [4.69, 9.17) is 8.83 Å². The molecule has 0 N–H and O–H groups in total. The van der Waals surface area contributed by atoms with Gasteiger partial charge >= 0.3 is 0 Å². The smallest absolute Gasteiger partial charge is 0.252 e. The molecule has 2 unspecified atom stereocenters. The van der Waals surface area contributed by atoms with E-state index in [1.54, 1.807) is 0 Å². The third-order valence-electron chi connectivity index (χ3n) is 17.1. The molecule has 10 aromatic rings. The van der Waals surface area contributed by atoms with Crippen LogP contribution in [0.2, 0.25) is 0 Å². The van der Waals surface area contributed by atoms with Crippen LogP contribution in [0.4, 0.5) is 45.5 Å². The highest BCUT2D eigenvalue weighted by Crippen LogP contribution is 2.62. The highest BCUT2D eigenvalue weighted by atomic mass is 16.3. The molecule has 1 fully saturated rings. The minimum absolute atomic E-state index is 0.0222. The summed E-state index contributed by atoms with van der Waals surface area (Å²) in [6, 6.07) is 54.8. The van der Waals surface area contributed by atoms with Crippen LogP contribution in [0.3, 0.4) is 0 Å². The average molecular weight is 898 g/mol. The summed E-state index contributed by atoms with van der Waals surface area (Å²) >= 11 is 0. The molecule has 0 radical (unpaired) electrons. The van der Waals surface area contributed by atoms with Gasteiger partial charge in [-0.1, -0.05) is 113 Å². The van der Waals surface area contributed by atoms with E-state index in [2.05, 4.69) is 216 Å². The predicted octanol–water partition coefficient (Wildman–Crippen LogP) is 15.5. The molecule has 69 heavy (non-hydrogen) atoms. The fourth-order valence-corrected chi connectivity index (χ4v) is 13.8. The zero-order valence-electron chi connectivity index (χ0n) is 40.9. The van der Waals surface area contributed by atoms with Crippen molar-refractivity contribution in [2.75, 3.05) is 14.7 Å². The van der Waals surface area contributed by atoms with Crippen molar-refractivity contribution in [3.8, 4) is 0 Å². The van der Waals surface area contributed by atoms with E-state index < -0.39 is 0 Å². The van der Waals surface area contributed by atoms with Gasteiger partial charge in [-0.2, -0.15) is 0 Å². The van der Waals surface area contributed by atoms with E-state index >= 15 is 0 Å². The maximum Gasteiger partial charge on any atom is 0.252 e. The molecule has 1 aliphatic carbocycles. The quantitative estimate of drug-likeness (QED) is 0.165. The van der Waals surface area contributed by atoms with Gasteiger partial charge in [-0.05, 0) is 157 Å². The molecular weight excluding hydrogens is 842 g/mol. The summed E-state index contributed by atoms with van der Waals surface area (Å²) in [5.41, 5.74) is 23.6. The third-order valence-corrected chi connectivity index (χ3v) is 17.1. The number of anilines is 8. The van der Waals surface area contributed by atoms with Gasteiger partial charge in [0.15, 0.2) is 5.58 Å². The van der Waals surface area contributed by atoms with E-state index in [9.17, 15) is 0 Å². The number of hydrogen-bond donors (Lipinski definition) is 0. The van der Waals surface area contributed by atoms with Crippen LogP contribution < -0.4 is 31.1 Å². The van der Waals surface area contributed by atoms with Crippen molar-refractivity contribution in [3.63, 3.8) is 0 Å². The Kier molecular flexibility index (Phi) is 8.27. The van der Waals surface area contributed by atoms with Crippen LogP contribution in [0.5, 0.6) is 0 Å². The van der Waals surface area contributed by atoms with Gasteiger partial charge in [0.25, 0.3) is 6.71 Å². The third kappa shape index (κ3) is 5.49. The number of aryl methyl sites for hydroxylation is 3. The first kappa shape index (κ1) is 40.9. The minimum atomic E-state index is -0.0947. The van der Waals surface area contributed by atoms with Crippen molar-refractivity contribution in [2.45, 2.75) is 97.4 Å². The fourth-order valence-electron chi connectivity index (χ4n) is 13.8. The zero-order valence-corrected chi connectivity index (χ0v) is 40.9. The Labute approximate surface area is 405 Å². The number of fused-ring (bicyclic) bond motifs is 13. The molecular formula is C63H56BN3O2. The second-order valence-electron chi connectivity index (χ2n) is 22.2. The van der Waals surface area contributed by atoms with Crippen molar-refractivity contribution in [2.24, 2.45) is 0 Å². The second kappa shape index (κ2) is 14.0. The van der Waals surface area contributed by atoms with Crippen LogP contribution >= 0.6 is 0 Å². The molecule has 2 aromatic heterocycles. The highest BCUT2D eigenvalue weighted by molar-refractivity contribution is 7.00. The fraction of sp³-hybridized carbons (Fsp3) is 0.238. The van der Waals surface area contributed by atoms with E-state index in [1.807, 2.05) is 0 Å². The van der Waals surface area contributed by atoms with Crippen molar-refractivity contribution in [1.82, 2.24) is 0 Å². The molecule has 8 aromatic carbocycles. The van der Waals surface area contributed by atoms with E-state index in [-0.39, 0.29) is 23.1 Å². The predicted molar refractivity (Wildman–Crippen MR) is 291 cm³/mol. The molecule has 0 bridgehead atoms. The average Bonchev–Trinajstić information content (AvgIpc) is 3.96. The van der Waals surface area contributed by atoms with Crippen molar-refractivity contribution < 1.29 is 8.83 Å². The molecule has 4 aliphatic rings. The molecule has 3 aliphatic heterocycles. The van der Waals surface area contributed by atoms with Gasteiger partial charge in [0.1, 0.15) is 16.7 Å². The zero-order chi connectivity index (χ0) is 46.9. The summed E-state index contributed by atoms with van der Waals surface area (Å²) < 4.78 is 13.6. The number of para-hydroxylation sites is 3. The van der Waals surface area contributed by atoms with E-state index in [1.165, 1.54) is 97.6 Å². The van der Waals surface area contributed by atoms with E-state index in [0.29, 0.717) is 0 Å². The first-order valence-corrected chi connectivity index (χ1v) is 25.1. The van der Waals surface area contributed by atoms with Crippen molar-refractivity contribution >= 4 is 112 Å². The van der Waals surface area contributed by atoms with Gasteiger partial charge in [0, 0.05) is 72.8 Å². The molecule has 0 saturated heterocycles. The Morgan fingerprint density at radius 3 is 1.91 bits per heavy atom. The van der Waals surface area contributed by atoms with Crippen molar-refractivity contribution in [3.05, 3.63) is 173 Å². The van der Waals surface area contributed by atoms with Gasteiger partial charge in [-0.25, -0.2) is 0 Å². The van der Waals surface area contributed by atoms with Crippen LogP contribution in [0.1, 0.15) is 88.1 Å². The lowest BCUT2D eigenvalue weighted by Crippen LogP contribution is -2.61. The molecule has 2 atom stereocenters. The highest BCUT2D eigenvalue weighted by Gasteiger charge is 2.58. The normalized spacial score (nSPS) is 19.4. The van der Waals surface area contributed by atoms with Crippen LogP contribution in [0.15, 0.2) is 154 Å². The molecule has 0 spiro atoms. The lowest BCUT2D eigenvalue weighted by Gasteiger charge is -2.51. The Balaban J connectivity index is 1.07. The van der Waals surface area contributed by atoms with Crippen LogP contribution in [0, 0.1) is 20.8 Å². The lowest BCUT2D eigenvalue weighted by molar-refractivity contribution is 0.194. The summed E-state index contributed by atoms with van der Waals surface area (Å²) in [6.07, 6.45) is 4.81. The number of hydrogen-bond acceptors (Lipinski definition) is 5.